The number of hydrogen-bond donors (Lipinski definition) is 1. The van der Waals surface area contributed by atoms with E-state index in [1.54, 1.807) is 6.92 Å². The first-order chi connectivity index (χ1) is 13.0. The summed E-state index contributed by atoms with van der Waals surface area (Å²) in [7, 11) is -3.52. The van der Waals surface area contributed by atoms with Crippen molar-refractivity contribution in [2.75, 3.05) is 12.4 Å². The fourth-order valence-corrected chi connectivity index (χ4v) is 5.63. The Labute approximate surface area is 162 Å². The average Bonchev–Trinajstić information content (AvgIpc) is 3.16. The maximum Gasteiger partial charge on any atom is 0.215 e. The summed E-state index contributed by atoms with van der Waals surface area (Å²) in [6.07, 6.45) is 6.14. The zero-order valence-corrected chi connectivity index (χ0v) is 16.5. The van der Waals surface area contributed by atoms with Crippen LogP contribution in [0.25, 0.3) is 0 Å². The molecule has 1 N–H and O–H groups in total. The van der Waals surface area contributed by atoms with E-state index in [4.69, 9.17) is 0 Å². The molecular weight excluding hydrogens is 360 g/mol. The number of nitriles is 1. The van der Waals surface area contributed by atoms with Crippen molar-refractivity contribution in [3.63, 3.8) is 0 Å². The lowest BCUT2D eigenvalue weighted by atomic mass is 9.78. The van der Waals surface area contributed by atoms with Crippen LogP contribution in [0, 0.1) is 29.1 Å². The third-order valence-corrected chi connectivity index (χ3v) is 7.62. The second-order valence-electron chi connectivity index (χ2n) is 7.36. The minimum absolute atomic E-state index is 0.0794. The van der Waals surface area contributed by atoms with Gasteiger partial charge >= 0.3 is 0 Å². The zero-order valence-electron chi connectivity index (χ0n) is 15.6. The van der Waals surface area contributed by atoms with Crippen LogP contribution in [0.3, 0.4) is 0 Å². The van der Waals surface area contributed by atoms with Gasteiger partial charge in [-0.2, -0.15) is 9.57 Å². The molecule has 0 radical (unpaired) electrons. The summed E-state index contributed by atoms with van der Waals surface area (Å²) in [5.74, 6) is 6.80. The molecule has 1 saturated carbocycles. The molecule has 1 aliphatic heterocycles. The van der Waals surface area contributed by atoms with Crippen LogP contribution in [-0.4, -0.2) is 42.3 Å². The molecule has 2 fully saturated rings. The van der Waals surface area contributed by atoms with E-state index in [0.717, 1.165) is 27.8 Å². The highest BCUT2D eigenvalue weighted by Crippen LogP contribution is 2.42. The number of benzene rings is 1. The standard InChI is InChI=1S/C21H26N2O3S/c1-2-27(25,26)23-19(14-22)21(20(23)15-24)18-12-10-17(11-13-18)9-5-8-16-6-3-4-7-16/h10-13,16,19-21,24H,2-4,6-8,15H2,1H3/t19-,20+,21+/m1/s1. The highest BCUT2D eigenvalue weighted by molar-refractivity contribution is 7.89. The number of aliphatic hydroxyl groups is 1. The number of hydrogen-bond acceptors (Lipinski definition) is 4. The fourth-order valence-electron chi connectivity index (χ4n) is 4.20. The summed E-state index contributed by atoms with van der Waals surface area (Å²) in [5, 5.41) is 19.2. The molecule has 0 spiro atoms. The van der Waals surface area contributed by atoms with E-state index in [0.29, 0.717) is 0 Å². The summed E-state index contributed by atoms with van der Waals surface area (Å²) >= 11 is 0. The van der Waals surface area contributed by atoms with E-state index in [1.165, 1.54) is 25.7 Å². The first-order valence-electron chi connectivity index (χ1n) is 9.62. The normalized spacial score (nSPS) is 26.0. The molecule has 3 atom stereocenters. The van der Waals surface area contributed by atoms with Crippen molar-refractivity contribution < 1.29 is 13.5 Å². The molecule has 1 aromatic rings. The van der Waals surface area contributed by atoms with Gasteiger partial charge in [0.15, 0.2) is 0 Å². The Morgan fingerprint density at radius 3 is 2.44 bits per heavy atom. The van der Waals surface area contributed by atoms with E-state index in [-0.39, 0.29) is 18.3 Å². The maximum absolute atomic E-state index is 12.2. The van der Waals surface area contributed by atoms with Gasteiger partial charge in [-0.3, -0.25) is 0 Å². The summed E-state index contributed by atoms with van der Waals surface area (Å²) in [4.78, 5) is 0. The van der Waals surface area contributed by atoms with Crippen molar-refractivity contribution in [2.45, 2.75) is 57.0 Å². The van der Waals surface area contributed by atoms with Crippen LogP contribution in [0.15, 0.2) is 24.3 Å². The van der Waals surface area contributed by atoms with Gasteiger partial charge in [-0.25, -0.2) is 8.42 Å². The number of aliphatic hydroxyl groups excluding tert-OH is 1. The molecule has 1 heterocycles. The molecule has 1 aliphatic carbocycles. The summed E-state index contributed by atoms with van der Waals surface area (Å²) in [5.41, 5.74) is 1.78. The Balaban J connectivity index is 1.72. The van der Waals surface area contributed by atoms with E-state index >= 15 is 0 Å². The van der Waals surface area contributed by atoms with Gasteiger partial charge in [0.05, 0.1) is 24.5 Å². The van der Waals surface area contributed by atoms with E-state index < -0.39 is 22.1 Å². The lowest BCUT2D eigenvalue weighted by molar-refractivity contribution is 0.0558. The highest BCUT2D eigenvalue weighted by Gasteiger charge is 2.54. The maximum atomic E-state index is 12.2. The van der Waals surface area contributed by atoms with E-state index in [1.807, 2.05) is 24.3 Å². The lowest BCUT2D eigenvalue weighted by Crippen LogP contribution is -2.65. The van der Waals surface area contributed by atoms with Gasteiger partial charge < -0.3 is 5.11 Å². The summed E-state index contributed by atoms with van der Waals surface area (Å²) < 4.78 is 25.6. The monoisotopic (exact) mass is 386 g/mol. The highest BCUT2D eigenvalue weighted by atomic mass is 32.2. The average molecular weight is 387 g/mol. The van der Waals surface area contributed by atoms with E-state index in [2.05, 4.69) is 17.9 Å². The van der Waals surface area contributed by atoms with Crippen molar-refractivity contribution >= 4 is 10.0 Å². The zero-order chi connectivity index (χ0) is 19.4. The molecule has 3 rings (SSSR count). The smallest absolute Gasteiger partial charge is 0.215 e. The first-order valence-corrected chi connectivity index (χ1v) is 11.2. The largest absolute Gasteiger partial charge is 0.395 e. The molecule has 144 valence electrons. The molecule has 27 heavy (non-hydrogen) atoms. The van der Waals surface area contributed by atoms with Gasteiger partial charge in [-0.05, 0) is 43.4 Å². The molecule has 6 heteroatoms. The van der Waals surface area contributed by atoms with Crippen molar-refractivity contribution in [1.29, 1.82) is 5.26 Å². The van der Waals surface area contributed by atoms with Crippen LogP contribution in [0.2, 0.25) is 0 Å². The molecular formula is C21H26N2O3S. The second-order valence-corrected chi connectivity index (χ2v) is 9.52. The molecule has 0 unspecified atom stereocenters. The SMILES string of the molecule is CCS(=O)(=O)N1[C@H](C#N)[C@H](c2ccc(C#CCC3CCCC3)cc2)[C@@H]1CO. The predicted octanol–water partition coefficient (Wildman–Crippen LogP) is 2.62. The quantitative estimate of drug-likeness (QED) is 0.789. The molecule has 1 aromatic carbocycles. The Hall–Kier alpha value is -1.86. The Bertz CT molecular complexity index is 855. The molecule has 0 bridgehead atoms. The van der Waals surface area contributed by atoms with Gasteiger partial charge in [0.1, 0.15) is 6.04 Å². The minimum atomic E-state index is -3.52. The number of sulfonamides is 1. The number of rotatable bonds is 5. The van der Waals surface area contributed by atoms with Gasteiger partial charge in [0, 0.05) is 17.9 Å². The van der Waals surface area contributed by atoms with Crippen LogP contribution in [-0.2, 0) is 10.0 Å². The molecule has 1 saturated heterocycles. The first kappa shape index (κ1) is 19.9. The topological polar surface area (TPSA) is 81.4 Å². The molecule has 2 aliphatic rings. The van der Waals surface area contributed by atoms with Crippen LogP contribution in [0.1, 0.15) is 56.1 Å². The predicted molar refractivity (Wildman–Crippen MR) is 104 cm³/mol. The van der Waals surface area contributed by atoms with Crippen LogP contribution < -0.4 is 0 Å². The summed E-state index contributed by atoms with van der Waals surface area (Å²) in [6.45, 7) is 1.25. The second kappa shape index (κ2) is 8.44. The van der Waals surface area contributed by atoms with Crippen molar-refractivity contribution in [1.82, 2.24) is 4.31 Å². The lowest BCUT2D eigenvalue weighted by Gasteiger charge is -2.50. The Morgan fingerprint density at radius 2 is 1.89 bits per heavy atom. The van der Waals surface area contributed by atoms with E-state index in [9.17, 15) is 18.8 Å². The van der Waals surface area contributed by atoms with Crippen LogP contribution in [0.4, 0.5) is 0 Å². The van der Waals surface area contributed by atoms with Gasteiger partial charge in [0.2, 0.25) is 10.0 Å². The van der Waals surface area contributed by atoms with Gasteiger partial charge in [-0.15, -0.1) is 0 Å². The fraction of sp³-hybridized carbons (Fsp3) is 0.571. The third kappa shape index (κ3) is 4.04. The number of nitrogens with zero attached hydrogens (tertiary/aromatic N) is 2. The third-order valence-electron chi connectivity index (χ3n) is 5.75. The van der Waals surface area contributed by atoms with Gasteiger partial charge in [-0.1, -0.05) is 36.8 Å². The van der Waals surface area contributed by atoms with Gasteiger partial charge in [0.25, 0.3) is 0 Å². The van der Waals surface area contributed by atoms with Crippen LogP contribution >= 0.6 is 0 Å². The van der Waals surface area contributed by atoms with Crippen molar-refractivity contribution in [2.24, 2.45) is 5.92 Å². The van der Waals surface area contributed by atoms with Crippen molar-refractivity contribution in [3.05, 3.63) is 35.4 Å². The van der Waals surface area contributed by atoms with Crippen molar-refractivity contribution in [3.8, 4) is 17.9 Å². The molecule has 5 nitrogen and oxygen atoms in total. The molecule has 0 aromatic heterocycles. The Morgan fingerprint density at radius 1 is 1.22 bits per heavy atom. The van der Waals surface area contributed by atoms with Crippen LogP contribution in [0.5, 0.6) is 0 Å². The summed E-state index contributed by atoms with van der Waals surface area (Å²) in [6, 6.07) is 8.36. The molecule has 0 amide bonds. The minimum Gasteiger partial charge on any atom is -0.395 e. The Kier molecular flexibility index (Phi) is 6.22.